The molecule has 371 valence electrons. The normalized spacial score (nSPS) is 17.4. The van der Waals surface area contributed by atoms with E-state index in [-0.39, 0.29) is 52.4 Å². The van der Waals surface area contributed by atoms with Gasteiger partial charge >= 0.3 is 17.1 Å². The summed E-state index contributed by atoms with van der Waals surface area (Å²) >= 11 is 0. The van der Waals surface area contributed by atoms with Crippen molar-refractivity contribution in [1.29, 1.82) is 0 Å². The molecule has 0 N–H and O–H groups in total. The summed E-state index contributed by atoms with van der Waals surface area (Å²) in [6.45, 7) is 24.0. The second-order valence-electron chi connectivity index (χ2n) is 18.0. The maximum Gasteiger partial charge on any atom is 3.00 e. The minimum atomic E-state index is -3.69. The summed E-state index contributed by atoms with van der Waals surface area (Å²) < 4.78 is 52.3. The van der Waals surface area contributed by atoms with Crippen LogP contribution in [0.3, 0.4) is 0 Å². The largest absolute Gasteiger partial charge is 3.00 e. The average molecular weight is 972 g/mol. The van der Waals surface area contributed by atoms with Crippen molar-refractivity contribution in [3.63, 3.8) is 0 Å². The second-order valence-corrected chi connectivity index (χ2v) is 24.5. The zero-order chi connectivity index (χ0) is 46.3. The monoisotopic (exact) mass is 972 g/mol. The van der Waals surface area contributed by atoms with Crippen LogP contribution in [0.4, 0.5) is 0 Å². The number of hydrogen-bond donors (Lipinski definition) is 0. The van der Waals surface area contributed by atoms with E-state index in [9.17, 15) is 28.4 Å². The minimum Gasteiger partial charge on any atom is -0.778 e. The maximum atomic E-state index is 12.1. The first-order valence-corrected chi connectivity index (χ1v) is 30.1. The zero-order valence-electron chi connectivity index (χ0n) is 42.0. The molecule has 0 heterocycles. The van der Waals surface area contributed by atoms with Gasteiger partial charge in [0.1, 0.15) is 22.8 Å². The van der Waals surface area contributed by atoms with E-state index >= 15 is 0 Å². The van der Waals surface area contributed by atoms with Crippen molar-refractivity contribution in [2.45, 2.75) is 311 Å². The van der Waals surface area contributed by atoms with Crippen molar-refractivity contribution in [3.05, 3.63) is 0 Å². The van der Waals surface area contributed by atoms with Crippen LogP contribution in [0.25, 0.3) is 0 Å². The van der Waals surface area contributed by atoms with Crippen molar-refractivity contribution in [2.75, 3.05) is 0 Å². The molecule has 0 aromatic rings. The van der Waals surface area contributed by atoms with Crippen molar-refractivity contribution in [2.24, 2.45) is 0 Å². The Balaban J connectivity index is -0.000000396. The number of hydrogen-bond acceptors (Lipinski definition) is 9. The van der Waals surface area contributed by atoms with Gasteiger partial charge in [-0.3, -0.25) is 0 Å². The van der Waals surface area contributed by atoms with E-state index in [4.69, 9.17) is 13.6 Å². The van der Waals surface area contributed by atoms with Gasteiger partial charge in [-0.05, 0) is 59.3 Å². The Morgan fingerprint density at radius 3 is 0.639 bits per heavy atom. The van der Waals surface area contributed by atoms with Crippen LogP contribution in [-0.2, 0) is 44.3 Å². The number of unbranched alkanes of at least 4 members (excludes halogenated alkanes) is 18. The van der Waals surface area contributed by atoms with E-state index in [2.05, 4.69) is 41.5 Å². The smallest absolute Gasteiger partial charge is 0.778 e. The Kier molecular flexibility index (Phi) is 50.3. The molecule has 9 unspecified atom stereocenters. The van der Waals surface area contributed by atoms with Gasteiger partial charge in [0.25, 0.3) is 0 Å². The third kappa shape index (κ3) is 43.3. The number of rotatable bonds is 39. The molecule has 0 saturated heterocycles. The predicted molar refractivity (Wildman–Crippen MR) is 255 cm³/mol. The molecule has 0 bridgehead atoms. The van der Waals surface area contributed by atoms with Gasteiger partial charge in [0.2, 0.25) is 0 Å². The van der Waals surface area contributed by atoms with Gasteiger partial charge in [-0.25, -0.2) is 0 Å². The Morgan fingerprint density at radius 1 is 0.311 bits per heavy atom. The summed E-state index contributed by atoms with van der Waals surface area (Å²) in [5.41, 5.74) is -1.05. The fourth-order valence-corrected chi connectivity index (χ4v) is 10.8. The van der Waals surface area contributed by atoms with Crippen LogP contribution in [-0.4, -0.2) is 35.3 Å². The van der Waals surface area contributed by atoms with Crippen LogP contribution >= 0.6 is 22.8 Å². The fourth-order valence-electron chi connectivity index (χ4n) is 6.87. The van der Waals surface area contributed by atoms with Crippen LogP contribution in [0.5, 0.6) is 0 Å². The maximum absolute atomic E-state index is 12.1. The first-order valence-electron chi connectivity index (χ1n) is 25.3. The standard InChI is InChI=1S/3C16H35O3P.Fe/c3*1-5-7-9-11-13-15(3)19-20(17,18)16(4)14-12-10-8-6-2;/h3*15-16H,5-14H2,1-4H3,(H,17,18);/q;;;+3/p-3. The van der Waals surface area contributed by atoms with Crippen LogP contribution in [0.1, 0.15) is 276 Å². The molecule has 0 fully saturated rings. The molecule has 0 aliphatic rings. The van der Waals surface area contributed by atoms with Crippen LogP contribution in [0, 0.1) is 0 Å². The molecule has 0 rings (SSSR count). The summed E-state index contributed by atoms with van der Waals surface area (Å²) in [6.07, 6.45) is 31.5. The SMILES string of the molecule is CCCCCCC(C)OP(=O)([O-])C(C)CCCCCC.CCCCCCC(C)OP(=O)([O-])C(C)CCCCCC.CCCCCCC(C)OP(=O)([O-])C(C)CCCCCC.[Fe+3]. The van der Waals surface area contributed by atoms with Crippen molar-refractivity contribution in [3.8, 4) is 0 Å². The molecule has 0 aromatic heterocycles. The molecule has 1 radical (unpaired) electrons. The van der Waals surface area contributed by atoms with E-state index in [1.807, 2.05) is 20.8 Å². The molecular formula is C48H102FeO9P3. The van der Waals surface area contributed by atoms with Gasteiger partial charge in [-0.1, -0.05) is 216 Å². The third-order valence-electron chi connectivity index (χ3n) is 11.4. The molecule has 9 atom stereocenters. The summed E-state index contributed by atoms with van der Waals surface area (Å²) in [4.78, 5) is 36.3. The van der Waals surface area contributed by atoms with E-state index < -0.39 is 22.8 Å². The molecule has 0 aliphatic carbocycles. The second kappa shape index (κ2) is 44.8. The first-order chi connectivity index (χ1) is 28.3. The molecule has 0 saturated carbocycles. The zero-order valence-corrected chi connectivity index (χ0v) is 45.8. The molecule has 13 heteroatoms. The van der Waals surface area contributed by atoms with Crippen molar-refractivity contribution in [1.82, 2.24) is 0 Å². The minimum absolute atomic E-state index is 0. The van der Waals surface area contributed by atoms with E-state index in [0.717, 1.165) is 96.3 Å². The topological polar surface area (TPSA) is 148 Å². The van der Waals surface area contributed by atoms with Crippen molar-refractivity contribution >= 4 is 22.8 Å². The summed E-state index contributed by atoms with van der Waals surface area (Å²) in [5, 5.41) is 0. The third-order valence-corrected chi connectivity index (χ3v) is 17.4. The molecule has 0 aromatic carbocycles. The van der Waals surface area contributed by atoms with E-state index in [1.54, 1.807) is 20.8 Å². The Bertz CT molecular complexity index is 941. The predicted octanol–water partition coefficient (Wildman–Crippen LogP) is 15.8. The summed E-state index contributed by atoms with van der Waals surface area (Å²) in [5.74, 6) is 0. The first kappa shape index (κ1) is 68.5. The van der Waals surface area contributed by atoms with Gasteiger partial charge in [0.15, 0.2) is 0 Å². The summed E-state index contributed by atoms with van der Waals surface area (Å²) in [6, 6.07) is 0. The van der Waals surface area contributed by atoms with Crippen LogP contribution < -0.4 is 14.7 Å². The fraction of sp³-hybridized carbons (Fsp3) is 1.00. The molecule has 0 aliphatic heterocycles. The van der Waals surface area contributed by atoms with Crippen molar-refractivity contribution < 1.29 is 59.0 Å². The van der Waals surface area contributed by atoms with Crippen LogP contribution in [0.2, 0.25) is 0 Å². The Hall–Kier alpha value is 0.969. The van der Waals surface area contributed by atoms with Gasteiger partial charge in [-0.2, -0.15) is 0 Å². The molecule has 61 heavy (non-hydrogen) atoms. The van der Waals surface area contributed by atoms with Crippen LogP contribution in [0.15, 0.2) is 0 Å². The van der Waals surface area contributed by atoms with Gasteiger partial charge in [0.05, 0.1) is 18.3 Å². The molecular weight excluding hydrogens is 869 g/mol. The summed E-state index contributed by atoms with van der Waals surface area (Å²) in [7, 11) is -11.1. The molecule has 0 spiro atoms. The molecule has 0 amide bonds. The Labute approximate surface area is 391 Å². The molecule has 9 nitrogen and oxygen atoms in total. The van der Waals surface area contributed by atoms with E-state index in [1.165, 1.54) is 96.3 Å². The Morgan fingerprint density at radius 2 is 0.475 bits per heavy atom. The van der Waals surface area contributed by atoms with Gasteiger partial charge < -0.3 is 41.9 Å². The average Bonchev–Trinajstić information content (AvgIpc) is 3.18. The van der Waals surface area contributed by atoms with Gasteiger partial charge in [-0.15, -0.1) is 0 Å². The van der Waals surface area contributed by atoms with Gasteiger partial charge in [0, 0.05) is 17.0 Å². The quantitative estimate of drug-likeness (QED) is 0.0333. The van der Waals surface area contributed by atoms with E-state index in [0.29, 0.717) is 0 Å².